The van der Waals surface area contributed by atoms with Crippen molar-refractivity contribution in [2.45, 2.75) is 6.04 Å². The SMILES string of the molecule is C=CC(N/C=C(\C=N/C)c1ncnc2[nH]ccc12)c1cccc(BI)c1. The highest BCUT2D eigenvalue weighted by Gasteiger charge is 2.10. The predicted molar refractivity (Wildman–Crippen MR) is 120 cm³/mol. The molecule has 0 saturated heterocycles. The molecule has 0 aliphatic heterocycles. The molecule has 0 radical (unpaired) electrons. The first-order chi connectivity index (χ1) is 12.8. The molecule has 3 aromatic rings. The van der Waals surface area contributed by atoms with E-state index in [1.165, 1.54) is 11.0 Å². The Morgan fingerprint density at radius 1 is 1.38 bits per heavy atom. The lowest BCUT2D eigenvalue weighted by atomic mass is 9.92. The second-order valence-corrected chi connectivity index (χ2v) is 6.47. The number of nitrogens with zero attached hydrogens (tertiary/aromatic N) is 3. The van der Waals surface area contributed by atoms with Crippen molar-refractivity contribution in [3.05, 3.63) is 73.0 Å². The van der Waals surface area contributed by atoms with Crippen molar-refractivity contribution in [3.63, 3.8) is 0 Å². The van der Waals surface area contributed by atoms with Crippen LogP contribution in [0.15, 0.2) is 66.7 Å². The summed E-state index contributed by atoms with van der Waals surface area (Å²) >= 11 is 2.37. The maximum absolute atomic E-state index is 4.44. The first kappa shape index (κ1) is 18.4. The van der Waals surface area contributed by atoms with E-state index in [-0.39, 0.29) is 6.04 Å². The lowest BCUT2D eigenvalue weighted by Gasteiger charge is -2.15. The Morgan fingerprint density at radius 2 is 2.27 bits per heavy atom. The smallest absolute Gasteiger partial charge is 0.232 e. The van der Waals surface area contributed by atoms with E-state index in [1.807, 2.05) is 24.5 Å². The van der Waals surface area contributed by atoms with Gasteiger partial charge in [-0.15, -0.1) is 29.0 Å². The zero-order valence-corrected chi connectivity index (χ0v) is 16.6. The Bertz CT molecular complexity index is 963. The zero-order chi connectivity index (χ0) is 18.4. The highest BCUT2D eigenvalue weighted by molar-refractivity contribution is 14.1. The maximum atomic E-state index is 4.44. The first-order valence-electron chi connectivity index (χ1n) is 8.21. The van der Waals surface area contributed by atoms with Gasteiger partial charge in [-0.05, 0) is 11.6 Å². The van der Waals surface area contributed by atoms with Gasteiger partial charge in [-0.1, -0.05) is 35.8 Å². The van der Waals surface area contributed by atoms with Crippen LogP contribution in [-0.4, -0.2) is 33.4 Å². The van der Waals surface area contributed by atoms with Gasteiger partial charge in [0.25, 0.3) is 0 Å². The van der Waals surface area contributed by atoms with E-state index in [0.29, 0.717) is 0 Å². The zero-order valence-electron chi connectivity index (χ0n) is 14.5. The molecule has 1 unspecified atom stereocenters. The number of halogens is 1. The summed E-state index contributed by atoms with van der Waals surface area (Å²) in [5.41, 5.74) is 4.99. The number of fused-ring (bicyclic) bond motifs is 1. The average Bonchev–Trinajstić information content (AvgIpc) is 3.16. The molecule has 0 amide bonds. The van der Waals surface area contributed by atoms with Crippen LogP contribution in [0, 0.1) is 0 Å². The molecule has 2 N–H and O–H groups in total. The lowest BCUT2D eigenvalue weighted by Crippen LogP contribution is -2.17. The fraction of sp³-hybridized carbons (Fsp3) is 0.105. The second kappa shape index (κ2) is 8.80. The molecule has 1 atom stereocenters. The van der Waals surface area contributed by atoms with Crippen molar-refractivity contribution in [1.82, 2.24) is 20.3 Å². The highest BCUT2D eigenvalue weighted by atomic mass is 127. The summed E-state index contributed by atoms with van der Waals surface area (Å²) in [5, 5.41) is 5.37. The standard InChI is InChI=1S/C19H19BIN5/c1-3-17(13-5-4-6-15(9-13)20-21)24-11-14(10-22-2)18-16-7-8-23-19(16)26-12-25-18/h3-12,17,20,24H,1H2,2H3,(H,23,25,26)/b14-11+,22-10-. The second-order valence-electron chi connectivity index (χ2n) is 5.71. The Morgan fingerprint density at radius 3 is 3.04 bits per heavy atom. The number of hydrogen-bond donors (Lipinski definition) is 2. The molecule has 3 rings (SSSR count). The third-order valence-electron chi connectivity index (χ3n) is 4.01. The summed E-state index contributed by atoms with van der Waals surface area (Å²) in [6.45, 7) is 3.97. The van der Waals surface area contributed by atoms with Gasteiger partial charge in [0.2, 0.25) is 5.14 Å². The molecule has 0 aliphatic carbocycles. The van der Waals surface area contributed by atoms with E-state index in [4.69, 9.17) is 0 Å². The molecular weight excluding hydrogens is 436 g/mol. The van der Waals surface area contributed by atoms with Crippen molar-refractivity contribution in [3.8, 4) is 0 Å². The highest BCUT2D eigenvalue weighted by Crippen LogP contribution is 2.20. The number of aliphatic imine (C=N–C) groups is 1. The van der Waals surface area contributed by atoms with Gasteiger partial charge in [0.1, 0.15) is 12.0 Å². The van der Waals surface area contributed by atoms with Crippen molar-refractivity contribution >= 4 is 55.8 Å². The fourth-order valence-corrected chi connectivity index (χ4v) is 3.23. The van der Waals surface area contributed by atoms with Gasteiger partial charge >= 0.3 is 0 Å². The monoisotopic (exact) mass is 455 g/mol. The van der Waals surface area contributed by atoms with E-state index in [2.05, 4.69) is 78.5 Å². The summed E-state index contributed by atoms with van der Waals surface area (Å²) in [5.74, 6) is 0. The third kappa shape index (κ3) is 4.04. The molecule has 0 bridgehead atoms. The Labute approximate surface area is 166 Å². The minimum absolute atomic E-state index is 0.00158. The Balaban J connectivity index is 1.93. The van der Waals surface area contributed by atoms with Gasteiger partial charge in [-0.3, -0.25) is 4.99 Å². The quantitative estimate of drug-likeness (QED) is 0.249. The molecule has 5 nitrogen and oxygen atoms in total. The van der Waals surface area contributed by atoms with Crippen molar-refractivity contribution in [2.75, 3.05) is 7.05 Å². The molecule has 1 aromatic carbocycles. The van der Waals surface area contributed by atoms with Crippen molar-refractivity contribution < 1.29 is 0 Å². The van der Waals surface area contributed by atoms with Crippen LogP contribution >= 0.6 is 22.4 Å². The molecular formula is C19H19BIN5. The van der Waals surface area contributed by atoms with Crippen LogP contribution in [0.5, 0.6) is 0 Å². The molecule has 7 heteroatoms. The number of H-pyrrole nitrogens is 1. The largest absolute Gasteiger partial charge is 0.380 e. The van der Waals surface area contributed by atoms with E-state index >= 15 is 0 Å². The number of rotatable bonds is 7. The van der Waals surface area contributed by atoms with Crippen LogP contribution in [0.1, 0.15) is 17.3 Å². The number of aromatic amines is 1. The molecule has 2 heterocycles. The molecule has 0 fully saturated rings. The summed E-state index contributed by atoms with van der Waals surface area (Å²) in [4.78, 5) is 16.0. The van der Waals surface area contributed by atoms with Crippen molar-refractivity contribution in [2.24, 2.45) is 4.99 Å². The first-order valence-corrected chi connectivity index (χ1v) is 9.73. The predicted octanol–water partition coefficient (Wildman–Crippen LogP) is 2.93. The summed E-state index contributed by atoms with van der Waals surface area (Å²) in [6.07, 6.45) is 9.04. The molecule has 0 spiro atoms. The topological polar surface area (TPSA) is 66.0 Å². The van der Waals surface area contributed by atoms with E-state index < -0.39 is 0 Å². The third-order valence-corrected chi connectivity index (χ3v) is 4.89. The maximum Gasteiger partial charge on any atom is 0.232 e. The Kier molecular flexibility index (Phi) is 6.22. The number of allylic oxidation sites excluding steroid dienone is 1. The van der Waals surface area contributed by atoms with Gasteiger partial charge in [-0.25, -0.2) is 9.97 Å². The number of benzene rings is 1. The van der Waals surface area contributed by atoms with Crippen LogP contribution < -0.4 is 10.8 Å². The number of nitrogens with one attached hydrogen (secondary N) is 2. The Hall–Kier alpha value is -2.42. The van der Waals surface area contributed by atoms with Crippen LogP contribution in [0.25, 0.3) is 16.6 Å². The molecule has 26 heavy (non-hydrogen) atoms. The average molecular weight is 455 g/mol. The molecule has 0 aliphatic rings. The van der Waals surface area contributed by atoms with Gasteiger partial charge < -0.3 is 10.3 Å². The van der Waals surface area contributed by atoms with Gasteiger partial charge in [0.05, 0.1) is 11.7 Å². The lowest BCUT2D eigenvalue weighted by molar-refractivity contribution is 0.759. The summed E-state index contributed by atoms with van der Waals surface area (Å²) < 4.78 is 0. The van der Waals surface area contributed by atoms with Gasteiger partial charge in [-0.2, -0.15) is 0 Å². The molecule has 0 saturated carbocycles. The van der Waals surface area contributed by atoms with E-state index in [1.54, 1.807) is 19.6 Å². The van der Waals surface area contributed by atoms with Crippen LogP contribution in [0.3, 0.4) is 0 Å². The van der Waals surface area contributed by atoms with E-state index in [0.717, 1.165) is 27.4 Å². The van der Waals surface area contributed by atoms with Crippen LogP contribution in [0.4, 0.5) is 0 Å². The van der Waals surface area contributed by atoms with Crippen LogP contribution in [-0.2, 0) is 0 Å². The van der Waals surface area contributed by atoms with E-state index in [9.17, 15) is 0 Å². The van der Waals surface area contributed by atoms with Crippen LogP contribution in [0.2, 0.25) is 0 Å². The summed E-state index contributed by atoms with van der Waals surface area (Å²) in [7, 11) is 1.75. The summed E-state index contributed by atoms with van der Waals surface area (Å²) in [6, 6.07) is 10.5. The fourth-order valence-electron chi connectivity index (χ4n) is 2.76. The van der Waals surface area contributed by atoms with Crippen molar-refractivity contribution in [1.29, 1.82) is 0 Å². The number of hydrogen-bond acceptors (Lipinski definition) is 4. The van der Waals surface area contributed by atoms with Gasteiger partial charge in [0.15, 0.2) is 0 Å². The normalized spacial score (nSPS) is 13.1. The minimum atomic E-state index is 0.00158. The van der Waals surface area contributed by atoms with Gasteiger partial charge in [0, 0.05) is 36.6 Å². The minimum Gasteiger partial charge on any atom is -0.380 e. The molecule has 2 aromatic heterocycles. The molecule has 130 valence electrons. The number of aromatic nitrogens is 3.